The molecule has 0 spiro atoms. The molecule has 0 aliphatic heterocycles. The summed E-state index contributed by atoms with van der Waals surface area (Å²) in [5.74, 6) is 0.681. The molecular weight excluding hydrogens is 799 g/mol. The van der Waals surface area contributed by atoms with Gasteiger partial charge in [-0.05, 0) is 74.0 Å². The maximum absolute atomic E-state index is 5.54. The molecule has 12 aromatic rings. The summed E-state index contributed by atoms with van der Waals surface area (Å²) in [7, 11) is 0. The van der Waals surface area contributed by atoms with E-state index in [0.29, 0.717) is 5.82 Å². The summed E-state index contributed by atoms with van der Waals surface area (Å²) < 4.78 is 0. The van der Waals surface area contributed by atoms with Crippen molar-refractivity contribution >= 4 is 32.4 Å². The van der Waals surface area contributed by atoms with Crippen LogP contribution in [0.2, 0.25) is 0 Å². The maximum atomic E-state index is 5.54. The number of hydrogen-bond acceptors (Lipinski definition) is 3. The third-order valence-electron chi connectivity index (χ3n) is 12.7. The van der Waals surface area contributed by atoms with E-state index in [1.165, 1.54) is 21.7 Å². The number of nitrogens with zero attached hydrogens (tertiary/aromatic N) is 3. The molecule has 0 saturated heterocycles. The van der Waals surface area contributed by atoms with Gasteiger partial charge in [0.05, 0.1) is 22.6 Å². The summed E-state index contributed by atoms with van der Waals surface area (Å²) in [6.07, 6.45) is 0. The highest BCUT2D eigenvalue weighted by molar-refractivity contribution is 6.24. The van der Waals surface area contributed by atoms with Gasteiger partial charge in [0.15, 0.2) is 5.82 Å². The molecule has 3 nitrogen and oxygen atoms in total. The van der Waals surface area contributed by atoms with Gasteiger partial charge in [-0.25, -0.2) is 15.0 Å². The van der Waals surface area contributed by atoms with E-state index in [1.54, 1.807) is 0 Å². The number of para-hydroxylation sites is 1. The molecule has 2 aromatic heterocycles. The van der Waals surface area contributed by atoms with Crippen LogP contribution < -0.4 is 0 Å². The molecular formula is C63H41N3. The Hall–Kier alpha value is -8.79. The smallest absolute Gasteiger partial charge is 0.160 e. The predicted octanol–water partition coefficient (Wildman–Crippen LogP) is 16.7. The van der Waals surface area contributed by atoms with Gasteiger partial charge in [-0.15, -0.1) is 0 Å². The van der Waals surface area contributed by atoms with E-state index in [2.05, 4.69) is 243 Å². The van der Waals surface area contributed by atoms with Crippen molar-refractivity contribution < 1.29 is 0 Å². The molecule has 0 atom stereocenters. The molecule has 0 saturated carbocycles. The first-order chi connectivity index (χ1) is 32.7. The fraction of sp³-hybridized carbons (Fsp3) is 0. The minimum absolute atomic E-state index is 0.681. The average molecular weight is 840 g/mol. The molecule has 0 unspecified atom stereocenters. The van der Waals surface area contributed by atoms with E-state index in [4.69, 9.17) is 15.0 Å². The standard InChI is InChI=1S/C63H41N3/c1-4-16-42(17-5-1)48-23-12-26-51(38-48)59-41-58(64-63(65-59)53-28-14-25-50(40-53)43-18-6-2-7-19-43)47-34-32-44(33-35-47)49-24-13-27-52(39-49)61-57-37-36-46-22-10-11-29-54(46)60(57)56-31-15-30-55(62(56)66-61)45-20-8-3-9-21-45/h1-41H. The summed E-state index contributed by atoms with van der Waals surface area (Å²) in [5.41, 5.74) is 16.9. The molecule has 0 N–H and O–H groups in total. The second kappa shape index (κ2) is 16.7. The van der Waals surface area contributed by atoms with Crippen molar-refractivity contribution in [2.45, 2.75) is 0 Å². The lowest BCUT2D eigenvalue weighted by molar-refractivity contribution is 1.18. The SMILES string of the molecule is c1ccc(-c2cccc(-c3cc(-c4ccc(-c5cccc(-c6nc7c(-c8ccccc8)cccc7c7c6ccc6ccccc67)c5)cc4)nc(-c4cccc(-c5ccccc5)c4)n3)c2)cc1. The van der Waals surface area contributed by atoms with Gasteiger partial charge >= 0.3 is 0 Å². The Kier molecular flexibility index (Phi) is 9.85. The number of aromatic nitrogens is 3. The van der Waals surface area contributed by atoms with Crippen LogP contribution in [0.5, 0.6) is 0 Å². The zero-order valence-corrected chi connectivity index (χ0v) is 36.0. The molecule has 0 aliphatic carbocycles. The van der Waals surface area contributed by atoms with Gasteiger partial charge in [0, 0.05) is 44.0 Å². The topological polar surface area (TPSA) is 38.7 Å². The molecule has 2 heterocycles. The van der Waals surface area contributed by atoms with Gasteiger partial charge in [0.25, 0.3) is 0 Å². The zero-order valence-electron chi connectivity index (χ0n) is 36.0. The van der Waals surface area contributed by atoms with Crippen LogP contribution in [-0.4, -0.2) is 15.0 Å². The molecule has 12 rings (SSSR count). The minimum atomic E-state index is 0.681. The maximum Gasteiger partial charge on any atom is 0.160 e. The second-order valence-electron chi connectivity index (χ2n) is 16.8. The second-order valence-corrected chi connectivity index (χ2v) is 16.8. The molecule has 0 bridgehead atoms. The Morgan fingerprint density at radius 2 is 0.712 bits per heavy atom. The first kappa shape index (κ1) is 38.9. The fourth-order valence-electron chi connectivity index (χ4n) is 9.38. The van der Waals surface area contributed by atoms with Crippen molar-refractivity contribution in [1.29, 1.82) is 0 Å². The van der Waals surface area contributed by atoms with E-state index < -0.39 is 0 Å². The van der Waals surface area contributed by atoms with Crippen LogP contribution in [0.4, 0.5) is 0 Å². The largest absolute Gasteiger partial charge is 0.246 e. The summed E-state index contributed by atoms with van der Waals surface area (Å²) in [6, 6.07) is 88.1. The number of hydrogen-bond donors (Lipinski definition) is 0. The van der Waals surface area contributed by atoms with Crippen molar-refractivity contribution in [3.8, 4) is 89.7 Å². The minimum Gasteiger partial charge on any atom is -0.246 e. The summed E-state index contributed by atoms with van der Waals surface area (Å²) in [5, 5.41) is 5.96. The predicted molar refractivity (Wildman–Crippen MR) is 276 cm³/mol. The number of benzene rings is 10. The van der Waals surface area contributed by atoms with Gasteiger partial charge in [0.2, 0.25) is 0 Å². The molecule has 308 valence electrons. The number of fused-ring (bicyclic) bond motifs is 5. The van der Waals surface area contributed by atoms with Crippen molar-refractivity contribution in [1.82, 2.24) is 15.0 Å². The molecule has 0 radical (unpaired) electrons. The van der Waals surface area contributed by atoms with Crippen molar-refractivity contribution in [2.24, 2.45) is 0 Å². The average Bonchev–Trinajstić information content (AvgIpc) is 3.41. The lowest BCUT2D eigenvalue weighted by Gasteiger charge is -2.16. The summed E-state index contributed by atoms with van der Waals surface area (Å²) in [6.45, 7) is 0. The highest BCUT2D eigenvalue weighted by Crippen LogP contribution is 2.41. The van der Waals surface area contributed by atoms with Gasteiger partial charge < -0.3 is 0 Å². The molecule has 3 heteroatoms. The Labute approximate surface area is 384 Å². The van der Waals surface area contributed by atoms with Crippen LogP contribution in [0.3, 0.4) is 0 Å². The van der Waals surface area contributed by atoms with E-state index >= 15 is 0 Å². The Balaban J connectivity index is 0.959. The van der Waals surface area contributed by atoms with Crippen molar-refractivity contribution in [3.63, 3.8) is 0 Å². The van der Waals surface area contributed by atoms with E-state index in [-0.39, 0.29) is 0 Å². The highest BCUT2D eigenvalue weighted by Gasteiger charge is 2.18. The van der Waals surface area contributed by atoms with E-state index in [9.17, 15) is 0 Å². The van der Waals surface area contributed by atoms with Crippen molar-refractivity contribution in [2.75, 3.05) is 0 Å². The molecule has 0 fully saturated rings. The highest BCUT2D eigenvalue weighted by atomic mass is 14.9. The zero-order chi connectivity index (χ0) is 43.8. The van der Waals surface area contributed by atoms with Gasteiger partial charge in [-0.1, -0.05) is 224 Å². The van der Waals surface area contributed by atoms with Gasteiger partial charge in [-0.2, -0.15) is 0 Å². The first-order valence-corrected chi connectivity index (χ1v) is 22.4. The van der Waals surface area contributed by atoms with E-state index in [1.807, 2.05) is 6.07 Å². The van der Waals surface area contributed by atoms with Crippen LogP contribution in [0.15, 0.2) is 249 Å². The van der Waals surface area contributed by atoms with Gasteiger partial charge in [0.1, 0.15) is 0 Å². The fourth-order valence-corrected chi connectivity index (χ4v) is 9.38. The number of rotatable bonds is 8. The third-order valence-corrected chi connectivity index (χ3v) is 12.7. The molecule has 66 heavy (non-hydrogen) atoms. The Morgan fingerprint density at radius 1 is 0.242 bits per heavy atom. The molecule has 0 aliphatic rings. The van der Waals surface area contributed by atoms with Crippen LogP contribution in [-0.2, 0) is 0 Å². The monoisotopic (exact) mass is 839 g/mol. The molecule has 10 aromatic carbocycles. The lowest BCUT2D eigenvalue weighted by atomic mass is 9.92. The van der Waals surface area contributed by atoms with Crippen LogP contribution in [0.25, 0.3) is 122 Å². The Morgan fingerprint density at radius 3 is 1.39 bits per heavy atom. The number of pyridine rings is 1. The Bertz CT molecular complexity index is 3630. The summed E-state index contributed by atoms with van der Waals surface area (Å²) >= 11 is 0. The summed E-state index contributed by atoms with van der Waals surface area (Å²) in [4.78, 5) is 16.0. The molecule has 0 amide bonds. The van der Waals surface area contributed by atoms with Crippen molar-refractivity contribution in [3.05, 3.63) is 249 Å². The van der Waals surface area contributed by atoms with Gasteiger partial charge in [-0.3, -0.25) is 0 Å². The lowest BCUT2D eigenvalue weighted by Crippen LogP contribution is -1.96. The van der Waals surface area contributed by atoms with Crippen LogP contribution >= 0.6 is 0 Å². The normalized spacial score (nSPS) is 11.3. The quantitative estimate of drug-likeness (QED) is 0.143. The first-order valence-electron chi connectivity index (χ1n) is 22.4. The van der Waals surface area contributed by atoms with E-state index in [0.717, 1.165) is 94.6 Å². The van der Waals surface area contributed by atoms with Crippen LogP contribution in [0, 0.1) is 0 Å². The van der Waals surface area contributed by atoms with Crippen LogP contribution in [0.1, 0.15) is 0 Å². The third kappa shape index (κ3) is 7.29.